The molecule has 5 N–H and O–H groups in total. The topological polar surface area (TPSA) is 98.2 Å². The summed E-state index contributed by atoms with van der Waals surface area (Å²) in [6, 6.07) is 5.03. The SMILES string of the molecule is CC(C)(CC(N)=O)NC(=O)c1cccc(N)c1Br. The maximum atomic E-state index is 12.1. The fourth-order valence-corrected chi connectivity index (χ4v) is 2.02. The van der Waals surface area contributed by atoms with E-state index in [0.717, 1.165) is 0 Å². The molecule has 6 heteroatoms. The summed E-state index contributed by atoms with van der Waals surface area (Å²) in [6.45, 7) is 3.46. The summed E-state index contributed by atoms with van der Waals surface area (Å²) in [5, 5.41) is 2.75. The Kier molecular flexibility index (Phi) is 4.34. The Morgan fingerprint density at radius 3 is 2.56 bits per heavy atom. The molecule has 0 saturated heterocycles. The minimum atomic E-state index is -0.701. The molecule has 1 rings (SSSR count). The van der Waals surface area contributed by atoms with E-state index < -0.39 is 11.4 Å². The molecule has 0 radical (unpaired) electrons. The largest absolute Gasteiger partial charge is 0.398 e. The second-order valence-electron chi connectivity index (χ2n) is 4.69. The molecule has 0 aliphatic rings. The fourth-order valence-electron chi connectivity index (χ4n) is 1.58. The molecule has 2 amide bonds. The molecule has 1 aromatic carbocycles. The van der Waals surface area contributed by atoms with Gasteiger partial charge in [0.05, 0.1) is 10.0 Å². The van der Waals surface area contributed by atoms with Crippen LogP contribution in [0.1, 0.15) is 30.6 Å². The maximum Gasteiger partial charge on any atom is 0.252 e. The summed E-state index contributed by atoms with van der Waals surface area (Å²) < 4.78 is 0.539. The zero-order chi connectivity index (χ0) is 13.9. The number of anilines is 1. The summed E-state index contributed by atoms with van der Waals surface area (Å²) in [7, 11) is 0. The average molecular weight is 314 g/mol. The molecule has 5 nitrogen and oxygen atoms in total. The van der Waals surface area contributed by atoms with E-state index in [1.54, 1.807) is 32.0 Å². The first-order valence-corrected chi connectivity index (χ1v) is 6.17. The molecule has 0 unspecified atom stereocenters. The zero-order valence-electron chi connectivity index (χ0n) is 10.3. The van der Waals surface area contributed by atoms with Crippen molar-refractivity contribution in [3.8, 4) is 0 Å². The van der Waals surface area contributed by atoms with Crippen LogP contribution in [-0.4, -0.2) is 17.4 Å². The molecule has 0 spiro atoms. The molecular formula is C12H16BrN3O2. The van der Waals surface area contributed by atoms with Crippen LogP contribution in [0.2, 0.25) is 0 Å². The molecule has 98 valence electrons. The number of amides is 2. The van der Waals surface area contributed by atoms with Crippen LogP contribution in [0, 0.1) is 0 Å². The standard InChI is InChI=1S/C12H16BrN3O2/c1-12(2,6-9(15)17)16-11(18)7-4-3-5-8(14)10(7)13/h3-5H,6,14H2,1-2H3,(H2,15,17)(H,16,18). The minimum absolute atomic E-state index is 0.0681. The Bertz CT molecular complexity index is 486. The predicted octanol–water partition coefficient (Wildman–Crippen LogP) is 1.42. The van der Waals surface area contributed by atoms with Gasteiger partial charge in [-0.1, -0.05) is 6.07 Å². The highest BCUT2D eigenvalue weighted by atomic mass is 79.9. The summed E-state index contributed by atoms with van der Waals surface area (Å²) in [5.74, 6) is -0.771. The number of hydrogen-bond donors (Lipinski definition) is 3. The lowest BCUT2D eigenvalue weighted by Gasteiger charge is -2.25. The average Bonchev–Trinajstić information content (AvgIpc) is 2.18. The molecule has 0 atom stereocenters. The van der Waals surface area contributed by atoms with Gasteiger partial charge < -0.3 is 16.8 Å². The highest BCUT2D eigenvalue weighted by Crippen LogP contribution is 2.24. The number of nitrogens with one attached hydrogen (secondary N) is 1. The zero-order valence-corrected chi connectivity index (χ0v) is 11.9. The number of rotatable bonds is 4. The third-order valence-corrected chi connectivity index (χ3v) is 3.23. The van der Waals surface area contributed by atoms with Gasteiger partial charge in [0.25, 0.3) is 5.91 Å². The lowest BCUT2D eigenvalue weighted by Crippen LogP contribution is -2.46. The van der Waals surface area contributed by atoms with Crippen LogP contribution in [0.3, 0.4) is 0 Å². The van der Waals surface area contributed by atoms with Crippen LogP contribution in [-0.2, 0) is 4.79 Å². The van der Waals surface area contributed by atoms with Crippen LogP contribution < -0.4 is 16.8 Å². The summed E-state index contributed by atoms with van der Waals surface area (Å²) in [6.07, 6.45) is 0.0681. The van der Waals surface area contributed by atoms with E-state index >= 15 is 0 Å². The molecule has 0 saturated carbocycles. The Morgan fingerprint density at radius 2 is 2.00 bits per heavy atom. The highest BCUT2D eigenvalue weighted by Gasteiger charge is 2.24. The van der Waals surface area contributed by atoms with Gasteiger partial charge in [0, 0.05) is 17.6 Å². The van der Waals surface area contributed by atoms with Crippen LogP contribution in [0.5, 0.6) is 0 Å². The van der Waals surface area contributed by atoms with Crippen LogP contribution in [0.25, 0.3) is 0 Å². The van der Waals surface area contributed by atoms with Crippen LogP contribution in [0.15, 0.2) is 22.7 Å². The van der Waals surface area contributed by atoms with Crippen molar-refractivity contribution in [3.63, 3.8) is 0 Å². The Hall–Kier alpha value is -1.56. The summed E-state index contributed by atoms with van der Waals surface area (Å²) in [4.78, 5) is 23.0. The summed E-state index contributed by atoms with van der Waals surface area (Å²) >= 11 is 3.26. The molecule has 0 aromatic heterocycles. The second-order valence-corrected chi connectivity index (χ2v) is 5.48. The highest BCUT2D eigenvalue weighted by molar-refractivity contribution is 9.10. The number of nitrogens with two attached hydrogens (primary N) is 2. The minimum Gasteiger partial charge on any atom is -0.398 e. The second kappa shape index (κ2) is 5.39. The number of primary amides is 1. The number of hydrogen-bond acceptors (Lipinski definition) is 3. The Labute approximate surface area is 114 Å². The molecule has 18 heavy (non-hydrogen) atoms. The van der Waals surface area contributed by atoms with Gasteiger partial charge in [0.2, 0.25) is 5.91 Å². The van der Waals surface area contributed by atoms with Gasteiger partial charge in [-0.3, -0.25) is 9.59 Å². The van der Waals surface area contributed by atoms with E-state index in [2.05, 4.69) is 21.2 Å². The first kappa shape index (κ1) is 14.5. The predicted molar refractivity (Wildman–Crippen MR) is 73.9 cm³/mol. The number of carbonyl (C=O) groups excluding carboxylic acids is 2. The molecule has 0 aliphatic carbocycles. The van der Waals surface area contributed by atoms with E-state index in [-0.39, 0.29) is 12.3 Å². The lowest BCUT2D eigenvalue weighted by molar-refractivity contribution is -0.119. The molecule has 0 aliphatic heterocycles. The van der Waals surface area contributed by atoms with Gasteiger partial charge in [0.15, 0.2) is 0 Å². The van der Waals surface area contributed by atoms with Crippen molar-refractivity contribution in [1.82, 2.24) is 5.32 Å². The first-order valence-electron chi connectivity index (χ1n) is 5.38. The molecule has 0 bridgehead atoms. The smallest absolute Gasteiger partial charge is 0.252 e. The van der Waals surface area contributed by atoms with Gasteiger partial charge in [-0.25, -0.2) is 0 Å². The normalized spacial score (nSPS) is 11.1. The van der Waals surface area contributed by atoms with E-state index in [4.69, 9.17) is 11.5 Å². The third-order valence-electron chi connectivity index (χ3n) is 2.34. The molecule has 0 fully saturated rings. The quantitative estimate of drug-likeness (QED) is 0.733. The van der Waals surface area contributed by atoms with Gasteiger partial charge in [-0.15, -0.1) is 0 Å². The van der Waals surface area contributed by atoms with Crippen LogP contribution >= 0.6 is 15.9 Å². The van der Waals surface area contributed by atoms with E-state index in [1.165, 1.54) is 0 Å². The first-order chi connectivity index (χ1) is 8.23. The maximum absolute atomic E-state index is 12.1. The van der Waals surface area contributed by atoms with Crippen molar-refractivity contribution < 1.29 is 9.59 Å². The van der Waals surface area contributed by atoms with Crippen molar-refractivity contribution >= 4 is 33.4 Å². The number of carbonyl (C=O) groups is 2. The molecule has 0 heterocycles. The summed E-state index contributed by atoms with van der Waals surface area (Å²) in [5.41, 5.74) is 11.0. The Balaban J connectivity index is 2.89. The van der Waals surface area contributed by atoms with Crippen molar-refractivity contribution in [3.05, 3.63) is 28.2 Å². The van der Waals surface area contributed by atoms with Crippen molar-refractivity contribution in [2.45, 2.75) is 25.8 Å². The lowest BCUT2D eigenvalue weighted by atomic mass is 9.99. The van der Waals surface area contributed by atoms with E-state index in [9.17, 15) is 9.59 Å². The van der Waals surface area contributed by atoms with Crippen molar-refractivity contribution in [2.24, 2.45) is 5.73 Å². The number of nitrogen functional groups attached to an aromatic ring is 1. The van der Waals surface area contributed by atoms with E-state index in [0.29, 0.717) is 15.7 Å². The van der Waals surface area contributed by atoms with Gasteiger partial charge >= 0.3 is 0 Å². The molecular weight excluding hydrogens is 298 g/mol. The number of benzene rings is 1. The van der Waals surface area contributed by atoms with Crippen molar-refractivity contribution in [1.29, 1.82) is 0 Å². The Morgan fingerprint density at radius 1 is 1.39 bits per heavy atom. The van der Waals surface area contributed by atoms with E-state index in [1.807, 2.05) is 0 Å². The monoisotopic (exact) mass is 313 g/mol. The van der Waals surface area contributed by atoms with Crippen molar-refractivity contribution in [2.75, 3.05) is 5.73 Å². The van der Waals surface area contributed by atoms with Gasteiger partial charge in [0.1, 0.15) is 0 Å². The fraction of sp³-hybridized carbons (Fsp3) is 0.333. The van der Waals surface area contributed by atoms with Gasteiger partial charge in [-0.2, -0.15) is 0 Å². The van der Waals surface area contributed by atoms with Gasteiger partial charge in [-0.05, 0) is 41.9 Å². The van der Waals surface area contributed by atoms with Crippen LogP contribution in [0.4, 0.5) is 5.69 Å². The third kappa shape index (κ3) is 3.73. The number of halogens is 1. The molecule has 1 aromatic rings.